The lowest BCUT2D eigenvalue weighted by Crippen LogP contribution is -2.52. The minimum Gasteiger partial charge on any atom is -0.487 e. The van der Waals surface area contributed by atoms with Crippen LogP contribution in [0.5, 0.6) is 11.5 Å². The third-order valence-electron chi connectivity index (χ3n) is 8.00. The third kappa shape index (κ3) is 3.93. The zero-order chi connectivity index (χ0) is 28.1. The molecule has 1 saturated carbocycles. The molecule has 5 atom stereocenters. The maximum Gasteiger partial charge on any atom is 0.228 e. The van der Waals surface area contributed by atoms with Gasteiger partial charge < -0.3 is 24.6 Å². The summed E-state index contributed by atoms with van der Waals surface area (Å²) in [4.78, 5) is 19.7. The van der Waals surface area contributed by atoms with Gasteiger partial charge in [-0.05, 0) is 28.8 Å². The van der Waals surface area contributed by atoms with Crippen molar-refractivity contribution in [1.29, 1.82) is 0 Å². The molecule has 2 N–H and O–H groups in total. The first-order valence-electron chi connectivity index (χ1n) is 13.1. The molecule has 7 nitrogen and oxygen atoms in total. The molecule has 204 valence electrons. The van der Waals surface area contributed by atoms with Crippen LogP contribution in [-0.2, 0) is 22.6 Å². The number of benzene rings is 3. The van der Waals surface area contributed by atoms with E-state index in [0.29, 0.717) is 23.7 Å². The van der Waals surface area contributed by atoms with Crippen molar-refractivity contribution < 1.29 is 24.5 Å². The Hall–Kier alpha value is -3.72. The molecule has 0 bridgehead atoms. The van der Waals surface area contributed by atoms with Gasteiger partial charge in [0.25, 0.3) is 0 Å². The molecule has 0 saturated heterocycles. The Bertz CT molecular complexity index is 1530. The van der Waals surface area contributed by atoms with Crippen LogP contribution >= 0.6 is 15.9 Å². The Labute approximate surface area is 241 Å². The van der Waals surface area contributed by atoms with E-state index >= 15 is 0 Å². The van der Waals surface area contributed by atoms with Crippen LogP contribution in [0.1, 0.15) is 28.3 Å². The van der Waals surface area contributed by atoms with E-state index in [0.717, 1.165) is 15.6 Å². The van der Waals surface area contributed by atoms with Gasteiger partial charge in [0, 0.05) is 30.6 Å². The zero-order valence-corrected chi connectivity index (χ0v) is 23.7. The normalized spacial score (nSPS) is 26.5. The molecule has 5 unspecified atom stereocenters. The first-order chi connectivity index (χ1) is 19.3. The molecule has 0 spiro atoms. The summed E-state index contributed by atoms with van der Waals surface area (Å²) in [6.07, 6.45) is 0.00706. The highest BCUT2D eigenvalue weighted by molar-refractivity contribution is 9.10. The number of aliphatic hydroxyl groups excluding tert-OH is 1. The molecular weight excluding hydrogens is 572 g/mol. The molecule has 1 aliphatic carbocycles. The van der Waals surface area contributed by atoms with Gasteiger partial charge in [0.05, 0.1) is 12.1 Å². The number of aromatic nitrogens is 1. The SMILES string of the molecule is CN(C)C(=O)C1C(O)C2(O)c3ncc(OCc4ccccc4)cc3OC2(c2ccc(Br)cc2)C1c1ccccc1. The number of hydrogen-bond donors (Lipinski definition) is 2. The molecule has 1 aliphatic heterocycles. The van der Waals surface area contributed by atoms with Crippen molar-refractivity contribution >= 4 is 21.8 Å². The lowest BCUT2D eigenvalue weighted by atomic mass is 9.71. The minimum atomic E-state index is -2.04. The van der Waals surface area contributed by atoms with E-state index < -0.39 is 29.1 Å². The third-order valence-corrected chi connectivity index (χ3v) is 8.53. The van der Waals surface area contributed by atoms with E-state index in [1.807, 2.05) is 84.9 Å². The van der Waals surface area contributed by atoms with Crippen LogP contribution in [0.4, 0.5) is 0 Å². The smallest absolute Gasteiger partial charge is 0.228 e. The van der Waals surface area contributed by atoms with Gasteiger partial charge in [-0.2, -0.15) is 0 Å². The van der Waals surface area contributed by atoms with Crippen molar-refractivity contribution in [2.75, 3.05) is 14.1 Å². The number of hydrogen-bond acceptors (Lipinski definition) is 6. The number of nitrogens with zero attached hydrogens (tertiary/aromatic N) is 2. The number of amides is 1. The maximum atomic E-state index is 13.7. The number of aliphatic hydroxyl groups is 2. The molecule has 2 aliphatic rings. The molecule has 3 aromatic carbocycles. The van der Waals surface area contributed by atoms with Crippen molar-refractivity contribution in [1.82, 2.24) is 9.88 Å². The molecule has 8 heteroatoms. The van der Waals surface area contributed by atoms with Gasteiger partial charge in [-0.25, -0.2) is 0 Å². The molecule has 4 aromatic rings. The van der Waals surface area contributed by atoms with Gasteiger partial charge in [0.1, 0.15) is 29.9 Å². The number of fused-ring (bicyclic) bond motifs is 3. The maximum absolute atomic E-state index is 13.7. The quantitative estimate of drug-likeness (QED) is 0.331. The van der Waals surface area contributed by atoms with Crippen molar-refractivity contribution in [2.45, 2.75) is 29.8 Å². The highest BCUT2D eigenvalue weighted by Gasteiger charge is 2.78. The summed E-state index contributed by atoms with van der Waals surface area (Å²) in [6, 6.07) is 28.3. The Morgan fingerprint density at radius 3 is 2.33 bits per heavy atom. The standard InChI is InChI=1S/C32H29BrN2O5/c1-35(2)30(37)26-27(21-11-7-4-8-12-21)32(22-13-15-23(33)16-14-22)31(38,29(26)36)28-25(40-32)17-24(18-34-28)39-19-20-9-5-3-6-10-20/h3-18,26-27,29,36,38H,19H2,1-2H3. The monoisotopic (exact) mass is 600 g/mol. The largest absolute Gasteiger partial charge is 0.487 e. The summed E-state index contributed by atoms with van der Waals surface area (Å²) in [5.41, 5.74) is -1.05. The van der Waals surface area contributed by atoms with Crippen LogP contribution in [0.3, 0.4) is 0 Å². The lowest BCUT2D eigenvalue weighted by Gasteiger charge is -2.40. The summed E-state index contributed by atoms with van der Waals surface area (Å²) < 4.78 is 13.6. The number of halogens is 1. The topological polar surface area (TPSA) is 92.1 Å². The zero-order valence-electron chi connectivity index (χ0n) is 22.1. The highest BCUT2D eigenvalue weighted by atomic mass is 79.9. The summed E-state index contributed by atoms with van der Waals surface area (Å²) in [5.74, 6) is -1.30. The molecule has 2 heterocycles. The van der Waals surface area contributed by atoms with E-state index in [1.54, 1.807) is 20.2 Å². The first kappa shape index (κ1) is 26.5. The number of pyridine rings is 1. The molecule has 1 amide bonds. The van der Waals surface area contributed by atoms with Gasteiger partial charge in [-0.1, -0.05) is 88.7 Å². The Morgan fingerprint density at radius 1 is 1.02 bits per heavy atom. The van der Waals surface area contributed by atoms with Crippen LogP contribution in [-0.4, -0.2) is 46.2 Å². The van der Waals surface area contributed by atoms with Crippen LogP contribution in [0.25, 0.3) is 0 Å². The fourth-order valence-corrected chi connectivity index (χ4v) is 6.49. The van der Waals surface area contributed by atoms with Crippen LogP contribution in [0, 0.1) is 5.92 Å². The summed E-state index contributed by atoms with van der Waals surface area (Å²) in [5, 5.41) is 24.7. The molecule has 1 aromatic heterocycles. The predicted octanol–water partition coefficient (Wildman–Crippen LogP) is 4.76. The molecule has 0 radical (unpaired) electrons. The molecule has 6 rings (SSSR count). The second-order valence-corrected chi connectivity index (χ2v) is 11.4. The summed E-state index contributed by atoms with van der Waals surface area (Å²) in [6.45, 7) is 0.331. The lowest BCUT2D eigenvalue weighted by molar-refractivity contribution is -0.157. The Morgan fingerprint density at radius 2 is 1.68 bits per heavy atom. The average molecular weight is 601 g/mol. The van der Waals surface area contributed by atoms with Crippen molar-refractivity contribution in [3.05, 3.63) is 124 Å². The Kier molecular flexibility index (Phi) is 6.65. The van der Waals surface area contributed by atoms with Crippen LogP contribution in [0.15, 0.2) is 102 Å². The highest BCUT2D eigenvalue weighted by Crippen LogP contribution is 2.68. The predicted molar refractivity (Wildman–Crippen MR) is 153 cm³/mol. The van der Waals surface area contributed by atoms with E-state index in [9.17, 15) is 15.0 Å². The number of ether oxygens (including phenoxy) is 2. The van der Waals surface area contributed by atoms with Crippen molar-refractivity contribution in [3.63, 3.8) is 0 Å². The fraction of sp³-hybridized carbons (Fsp3) is 0.250. The summed E-state index contributed by atoms with van der Waals surface area (Å²) >= 11 is 3.50. The van der Waals surface area contributed by atoms with Crippen LogP contribution in [0.2, 0.25) is 0 Å². The van der Waals surface area contributed by atoms with Crippen molar-refractivity contribution in [2.24, 2.45) is 5.92 Å². The molecule has 40 heavy (non-hydrogen) atoms. The first-order valence-corrected chi connectivity index (χ1v) is 13.9. The number of rotatable bonds is 6. The second kappa shape index (κ2) is 10.0. The van der Waals surface area contributed by atoms with Gasteiger partial charge in [0.15, 0.2) is 11.2 Å². The average Bonchev–Trinajstić information content (AvgIpc) is 3.34. The summed E-state index contributed by atoms with van der Waals surface area (Å²) in [7, 11) is 3.29. The second-order valence-electron chi connectivity index (χ2n) is 10.5. The van der Waals surface area contributed by atoms with E-state index in [1.165, 1.54) is 11.1 Å². The minimum absolute atomic E-state index is 0.171. The van der Waals surface area contributed by atoms with E-state index in [2.05, 4.69) is 20.9 Å². The Balaban J connectivity index is 1.53. The number of carbonyl (C=O) groups excluding carboxylic acids is 1. The number of carbonyl (C=O) groups is 1. The van der Waals surface area contributed by atoms with Gasteiger partial charge in [-0.15, -0.1) is 0 Å². The van der Waals surface area contributed by atoms with Crippen LogP contribution < -0.4 is 9.47 Å². The van der Waals surface area contributed by atoms with Crippen molar-refractivity contribution in [3.8, 4) is 11.5 Å². The fourth-order valence-electron chi connectivity index (χ4n) is 6.23. The molecular formula is C32H29BrN2O5. The van der Waals surface area contributed by atoms with E-state index in [4.69, 9.17) is 9.47 Å². The molecule has 1 fully saturated rings. The van der Waals surface area contributed by atoms with Gasteiger partial charge >= 0.3 is 0 Å². The van der Waals surface area contributed by atoms with Gasteiger partial charge in [0.2, 0.25) is 5.91 Å². The van der Waals surface area contributed by atoms with Gasteiger partial charge in [-0.3, -0.25) is 9.78 Å². The van der Waals surface area contributed by atoms with E-state index in [-0.39, 0.29) is 11.6 Å².